The lowest BCUT2D eigenvalue weighted by atomic mass is 9.98. The molecular formula is C10H18O. The van der Waals surface area contributed by atoms with Gasteiger partial charge in [-0.25, -0.2) is 0 Å². The number of allylic oxidation sites excluding steroid dienone is 1. The minimum atomic E-state index is -0.354. The van der Waals surface area contributed by atoms with E-state index in [1.165, 1.54) is 0 Å². The minimum Gasteiger partial charge on any atom is -0.388 e. The van der Waals surface area contributed by atoms with E-state index in [0.717, 1.165) is 12.0 Å². The normalized spacial score (nSPS) is 17.6. The molecule has 1 nitrogen and oxygen atoms in total. The van der Waals surface area contributed by atoms with Crippen LogP contribution in [0.5, 0.6) is 0 Å². The summed E-state index contributed by atoms with van der Waals surface area (Å²) in [6.07, 6.45) is 4.45. The zero-order valence-electron chi connectivity index (χ0n) is 7.67. The Morgan fingerprint density at radius 1 is 1.64 bits per heavy atom. The molecule has 64 valence electrons. The van der Waals surface area contributed by atoms with Crippen LogP contribution in [0.4, 0.5) is 0 Å². The monoisotopic (exact) mass is 154 g/mol. The van der Waals surface area contributed by atoms with Crippen LogP contribution in [-0.2, 0) is 0 Å². The molecule has 0 aliphatic heterocycles. The lowest BCUT2D eigenvalue weighted by molar-refractivity contribution is 0.173. The number of aliphatic hydroxyl groups is 1. The molecule has 0 rings (SSSR count). The summed E-state index contributed by atoms with van der Waals surface area (Å²) < 4.78 is 0. The lowest BCUT2D eigenvalue weighted by Gasteiger charge is -2.15. The van der Waals surface area contributed by atoms with Gasteiger partial charge in [-0.05, 0) is 18.9 Å². The molecule has 0 heterocycles. The van der Waals surface area contributed by atoms with Crippen molar-refractivity contribution in [3.63, 3.8) is 0 Å². The van der Waals surface area contributed by atoms with Gasteiger partial charge in [0.05, 0.1) is 6.10 Å². The van der Waals surface area contributed by atoms with Crippen LogP contribution < -0.4 is 0 Å². The SMILES string of the molecule is C=CC(C)C(O)/C(C)=C/CC. The molecule has 0 spiro atoms. The average Bonchev–Trinajstić information content (AvgIpc) is 2.02. The highest BCUT2D eigenvalue weighted by molar-refractivity contribution is 5.07. The molecule has 0 aromatic rings. The minimum absolute atomic E-state index is 0.151. The van der Waals surface area contributed by atoms with Crippen LogP contribution in [0, 0.1) is 5.92 Å². The molecule has 0 amide bonds. The van der Waals surface area contributed by atoms with Crippen molar-refractivity contribution in [1.29, 1.82) is 0 Å². The van der Waals surface area contributed by atoms with Crippen LogP contribution in [0.1, 0.15) is 27.2 Å². The van der Waals surface area contributed by atoms with E-state index in [0.29, 0.717) is 0 Å². The summed E-state index contributed by atoms with van der Waals surface area (Å²) >= 11 is 0. The highest BCUT2D eigenvalue weighted by Crippen LogP contribution is 2.12. The highest BCUT2D eigenvalue weighted by Gasteiger charge is 2.11. The summed E-state index contributed by atoms with van der Waals surface area (Å²) in [6.45, 7) is 9.62. The van der Waals surface area contributed by atoms with Gasteiger partial charge in [-0.3, -0.25) is 0 Å². The molecule has 2 unspecified atom stereocenters. The maximum absolute atomic E-state index is 9.58. The molecule has 1 N–H and O–H groups in total. The van der Waals surface area contributed by atoms with Gasteiger partial charge in [0, 0.05) is 5.92 Å². The molecule has 11 heavy (non-hydrogen) atoms. The Morgan fingerprint density at radius 2 is 2.18 bits per heavy atom. The molecule has 1 heteroatoms. The van der Waals surface area contributed by atoms with Crippen LogP contribution in [0.15, 0.2) is 24.3 Å². The molecule has 0 aromatic heterocycles. The molecular weight excluding hydrogens is 136 g/mol. The van der Waals surface area contributed by atoms with E-state index in [1.54, 1.807) is 6.08 Å². The van der Waals surface area contributed by atoms with E-state index in [4.69, 9.17) is 0 Å². The van der Waals surface area contributed by atoms with Gasteiger partial charge in [-0.1, -0.05) is 26.0 Å². The van der Waals surface area contributed by atoms with Gasteiger partial charge in [0.25, 0.3) is 0 Å². The predicted molar refractivity (Wildman–Crippen MR) is 49.4 cm³/mol. The van der Waals surface area contributed by atoms with Gasteiger partial charge in [-0.2, -0.15) is 0 Å². The van der Waals surface area contributed by atoms with E-state index in [9.17, 15) is 5.11 Å². The van der Waals surface area contributed by atoms with E-state index in [2.05, 4.69) is 13.5 Å². The van der Waals surface area contributed by atoms with Crippen molar-refractivity contribution in [1.82, 2.24) is 0 Å². The Morgan fingerprint density at radius 3 is 2.55 bits per heavy atom. The Bertz CT molecular complexity index is 147. The number of rotatable bonds is 4. The first-order chi connectivity index (χ1) is 5.13. The lowest BCUT2D eigenvalue weighted by Crippen LogP contribution is -2.16. The summed E-state index contributed by atoms with van der Waals surface area (Å²) in [6, 6.07) is 0. The molecule has 0 fully saturated rings. The summed E-state index contributed by atoms with van der Waals surface area (Å²) in [5, 5.41) is 9.58. The van der Waals surface area contributed by atoms with E-state index < -0.39 is 0 Å². The maximum atomic E-state index is 9.58. The Labute approximate surface area is 69.4 Å². The second-order valence-electron chi connectivity index (χ2n) is 2.90. The van der Waals surface area contributed by atoms with Gasteiger partial charge in [0.1, 0.15) is 0 Å². The molecule has 0 bridgehead atoms. The van der Waals surface area contributed by atoms with Crippen LogP contribution in [-0.4, -0.2) is 11.2 Å². The third kappa shape index (κ3) is 3.38. The smallest absolute Gasteiger partial charge is 0.0807 e. The summed E-state index contributed by atoms with van der Waals surface area (Å²) in [7, 11) is 0. The first kappa shape index (κ1) is 10.4. The van der Waals surface area contributed by atoms with Crippen LogP contribution in [0.2, 0.25) is 0 Å². The first-order valence-corrected chi connectivity index (χ1v) is 4.10. The Hall–Kier alpha value is -0.560. The van der Waals surface area contributed by atoms with Crippen molar-refractivity contribution in [2.45, 2.75) is 33.3 Å². The van der Waals surface area contributed by atoms with Gasteiger partial charge >= 0.3 is 0 Å². The van der Waals surface area contributed by atoms with Crippen LogP contribution in [0.3, 0.4) is 0 Å². The van der Waals surface area contributed by atoms with Gasteiger partial charge in [0.2, 0.25) is 0 Å². The summed E-state index contributed by atoms with van der Waals surface area (Å²) in [5.74, 6) is 0.151. The van der Waals surface area contributed by atoms with Gasteiger partial charge < -0.3 is 5.11 Å². The average molecular weight is 154 g/mol. The fourth-order valence-electron chi connectivity index (χ4n) is 0.986. The molecule has 0 radical (unpaired) electrons. The number of hydrogen-bond acceptors (Lipinski definition) is 1. The third-order valence-electron chi connectivity index (χ3n) is 1.86. The molecule has 0 aliphatic carbocycles. The fraction of sp³-hybridized carbons (Fsp3) is 0.600. The second kappa shape index (κ2) is 5.14. The zero-order valence-corrected chi connectivity index (χ0v) is 7.67. The zero-order chi connectivity index (χ0) is 8.85. The molecule has 0 saturated carbocycles. The Balaban J connectivity index is 4.11. The van der Waals surface area contributed by atoms with Crippen molar-refractivity contribution < 1.29 is 5.11 Å². The molecule has 0 aliphatic rings. The van der Waals surface area contributed by atoms with Crippen molar-refractivity contribution in [2.24, 2.45) is 5.92 Å². The fourth-order valence-corrected chi connectivity index (χ4v) is 0.986. The number of aliphatic hydroxyl groups excluding tert-OH is 1. The van der Waals surface area contributed by atoms with Gasteiger partial charge in [0.15, 0.2) is 0 Å². The Kier molecular flexibility index (Phi) is 4.88. The first-order valence-electron chi connectivity index (χ1n) is 4.10. The van der Waals surface area contributed by atoms with Gasteiger partial charge in [-0.15, -0.1) is 6.58 Å². The summed E-state index contributed by atoms with van der Waals surface area (Å²) in [4.78, 5) is 0. The molecule has 0 aromatic carbocycles. The molecule has 2 atom stereocenters. The highest BCUT2D eigenvalue weighted by atomic mass is 16.3. The van der Waals surface area contributed by atoms with Crippen molar-refractivity contribution in [2.75, 3.05) is 0 Å². The van der Waals surface area contributed by atoms with Crippen LogP contribution in [0.25, 0.3) is 0 Å². The van der Waals surface area contributed by atoms with Crippen molar-refractivity contribution in [3.8, 4) is 0 Å². The van der Waals surface area contributed by atoms with Crippen molar-refractivity contribution >= 4 is 0 Å². The largest absolute Gasteiger partial charge is 0.388 e. The van der Waals surface area contributed by atoms with Crippen LogP contribution >= 0.6 is 0 Å². The van der Waals surface area contributed by atoms with Crippen molar-refractivity contribution in [3.05, 3.63) is 24.3 Å². The van der Waals surface area contributed by atoms with E-state index >= 15 is 0 Å². The third-order valence-corrected chi connectivity index (χ3v) is 1.86. The summed E-state index contributed by atoms with van der Waals surface area (Å²) in [5.41, 5.74) is 1.04. The topological polar surface area (TPSA) is 20.2 Å². The van der Waals surface area contributed by atoms with E-state index in [-0.39, 0.29) is 12.0 Å². The van der Waals surface area contributed by atoms with E-state index in [1.807, 2.05) is 19.9 Å². The number of hydrogen-bond donors (Lipinski definition) is 1. The molecule has 0 saturated heterocycles. The maximum Gasteiger partial charge on any atom is 0.0807 e. The second-order valence-corrected chi connectivity index (χ2v) is 2.90. The predicted octanol–water partition coefficient (Wildman–Crippen LogP) is 2.53. The standard InChI is InChI=1S/C10H18O/c1-5-7-9(4)10(11)8(3)6-2/h6-8,10-11H,2,5H2,1,3-4H3/b9-7+. The quantitative estimate of drug-likeness (QED) is 0.617.